The Balaban J connectivity index is 1.16. The van der Waals surface area contributed by atoms with Gasteiger partial charge < -0.3 is 14.8 Å². The van der Waals surface area contributed by atoms with Crippen molar-refractivity contribution in [1.82, 2.24) is 20.5 Å². The van der Waals surface area contributed by atoms with Gasteiger partial charge in [0.2, 0.25) is 12.7 Å². The second-order valence-electron chi connectivity index (χ2n) is 7.45. The lowest BCUT2D eigenvalue weighted by Gasteiger charge is -2.06. The van der Waals surface area contributed by atoms with E-state index in [9.17, 15) is 9.18 Å². The van der Waals surface area contributed by atoms with Gasteiger partial charge in [-0.1, -0.05) is 17.8 Å². The summed E-state index contributed by atoms with van der Waals surface area (Å²) in [5, 5.41) is 12.9. The van der Waals surface area contributed by atoms with E-state index in [2.05, 4.69) is 20.5 Å². The van der Waals surface area contributed by atoms with Crippen molar-refractivity contribution in [2.45, 2.75) is 18.5 Å². The number of ether oxygens (including phenoxy) is 2. The first kappa shape index (κ1) is 22.3. The standard InChI is InChI=1S/C24H19FN4O3S2/c1-14-23(34-24(27-14)16-3-5-17(25)6-4-16)18-7-9-22(29-28-18)33-12-21(30)26-11-15-2-8-19-20(10-15)32-13-31-19/h2-10H,11-13H2,1H3,(H,26,30). The highest BCUT2D eigenvalue weighted by Gasteiger charge is 2.15. The van der Waals surface area contributed by atoms with Crippen LogP contribution in [0.1, 0.15) is 11.3 Å². The molecule has 0 aliphatic carbocycles. The van der Waals surface area contributed by atoms with Crippen LogP contribution in [-0.2, 0) is 11.3 Å². The summed E-state index contributed by atoms with van der Waals surface area (Å²) in [6.45, 7) is 2.54. The van der Waals surface area contributed by atoms with Gasteiger partial charge in [0.15, 0.2) is 11.5 Å². The number of carbonyl (C=O) groups excluding carboxylic acids is 1. The smallest absolute Gasteiger partial charge is 0.231 e. The minimum atomic E-state index is -0.280. The molecule has 0 bridgehead atoms. The molecule has 0 fully saturated rings. The lowest BCUT2D eigenvalue weighted by molar-refractivity contribution is -0.118. The van der Waals surface area contributed by atoms with Gasteiger partial charge >= 0.3 is 0 Å². The van der Waals surface area contributed by atoms with Gasteiger partial charge in [-0.3, -0.25) is 4.79 Å². The summed E-state index contributed by atoms with van der Waals surface area (Å²) < 4.78 is 23.8. The molecule has 0 unspecified atom stereocenters. The zero-order valence-corrected chi connectivity index (χ0v) is 19.7. The molecule has 0 radical (unpaired) electrons. The Morgan fingerprint density at radius 1 is 1.09 bits per heavy atom. The van der Waals surface area contributed by atoms with Crippen molar-refractivity contribution < 1.29 is 18.7 Å². The fourth-order valence-electron chi connectivity index (χ4n) is 3.31. The molecule has 1 amide bonds. The number of hydrogen-bond donors (Lipinski definition) is 1. The van der Waals surface area contributed by atoms with E-state index >= 15 is 0 Å². The molecule has 34 heavy (non-hydrogen) atoms. The largest absolute Gasteiger partial charge is 0.454 e. The second kappa shape index (κ2) is 9.78. The minimum Gasteiger partial charge on any atom is -0.454 e. The quantitative estimate of drug-likeness (QED) is 0.368. The number of thioether (sulfide) groups is 1. The van der Waals surface area contributed by atoms with E-state index in [1.165, 1.54) is 35.2 Å². The third-order valence-electron chi connectivity index (χ3n) is 5.04. The van der Waals surface area contributed by atoms with Crippen LogP contribution in [0.3, 0.4) is 0 Å². The van der Waals surface area contributed by atoms with E-state index in [1.807, 2.05) is 37.3 Å². The highest BCUT2D eigenvalue weighted by molar-refractivity contribution is 7.99. The third-order valence-corrected chi connectivity index (χ3v) is 7.19. The molecule has 0 saturated carbocycles. The monoisotopic (exact) mass is 494 g/mol. The fourth-order valence-corrected chi connectivity index (χ4v) is 4.99. The van der Waals surface area contributed by atoms with E-state index in [4.69, 9.17) is 9.47 Å². The first-order chi connectivity index (χ1) is 16.5. The number of halogens is 1. The molecule has 10 heteroatoms. The lowest BCUT2D eigenvalue weighted by Crippen LogP contribution is -2.24. The number of aromatic nitrogens is 3. The number of carbonyl (C=O) groups is 1. The second-order valence-corrected chi connectivity index (χ2v) is 9.44. The molecule has 3 heterocycles. The van der Waals surface area contributed by atoms with E-state index in [0.29, 0.717) is 28.8 Å². The summed E-state index contributed by atoms with van der Waals surface area (Å²) in [6, 6.07) is 15.6. The summed E-state index contributed by atoms with van der Waals surface area (Å²) >= 11 is 2.80. The van der Waals surface area contributed by atoms with E-state index < -0.39 is 0 Å². The molecule has 7 nitrogen and oxygen atoms in total. The normalized spacial score (nSPS) is 12.1. The minimum absolute atomic E-state index is 0.101. The number of thiazole rings is 1. The topological polar surface area (TPSA) is 86.2 Å². The molecule has 5 rings (SSSR count). The van der Waals surface area contributed by atoms with Crippen molar-refractivity contribution >= 4 is 29.0 Å². The maximum absolute atomic E-state index is 13.2. The summed E-state index contributed by atoms with van der Waals surface area (Å²) in [4.78, 5) is 17.7. The number of aryl methyl sites for hydroxylation is 1. The van der Waals surface area contributed by atoms with Crippen molar-refractivity contribution in [2.24, 2.45) is 0 Å². The van der Waals surface area contributed by atoms with Gasteiger partial charge in [0.1, 0.15) is 21.5 Å². The van der Waals surface area contributed by atoms with Crippen LogP contribution in [-0.4, -0.2) is 33.6 Å². The predicted octanol–water partition coefficient (Wildman–Crippen LogP) is 4.85. The number of nitrogens with one attached hydrogen (secondary N) is 1. The maximum Gasteiger partial charge on any atom is 0.231 e. The third kappa shape index (κ3) is 5.02. The Labute approximate surface area is 203 Å². The number of rotatable bonds is 7. The average molecular weight is 495 g/mol. The van der Waals surface area contributed by atoms with Gasteiger partial charge in [-0.15, -0.1) is 21.5 Å². The van der Waals surface area contributed by atoms with Crippen LogP contribution in [0.2, 0.25) is 0 Å². The predicted molar refractivity (Wildman–Crippen MR) is 128 cm³/mol. The van der Waals surface area contributed by atoms with Crippen LogP contribution in [0, 0.1) is 12.7 Å². The molecule has 0 atom stereocenters. The van der Waals surface area contributed by atoms with Crippen molar-refractivity contribution in [3.05, 3.63) is 71.7 Å². The highest BCUT2D eigenvalue weighted by Crippen LogP contribution is 2.35. The Morgan fingerprint density at radius 3 is 2.71 bits per heavy atom. The number of nitrogens with zero attached hydrogens (tertiary/aromatic N) is 3. The summed E-state index contributed by atoms with van der Waals surface area (Å²) in [7, 11) is 0. The Hall–Kier alpha value is -3.50. The Morgan fingerprint density at radius 2 is 1.91 bits per heavy atom. The summed E-state index contributed by atoms with van der Waals surface area (Å²) in [5.74, 6) is 1.26. The zero-order valence-electron chi connectivity index (χ0n) is 18.1. The summed E-state index contributed by atoms with van der Waals surface area (Å²) in [6.07, 6.45) is 0. The number of amides is 1. The average Bonchev–Trinajstić information content (AvgIpc) is 3.48. The Bertz CT molecular complexity index is 1330. The number of hydrogen-bond acceptors (Lipinski definition) is 8. The SMILES string of the molecule is Cc1nc(-c2ccc(F)cc2)sc1-c1ccc(SCC(=O)NCc2ccc3c(c2)OCO3)nn1. The van der Waals surface area contributed by atoms with Gasteiger partial charge in [-0.25, -0.2) is 9.37 Å². The van der Waals surface area contributed by atoms with Crippen molar-refractivity contribution in [3.63, 3.8) is 0 Å². The van der Waals surface area contributed by atoms with Gasteiger partial charge in [0.25, 0.3) is 0 Å². The van der Waals surface area contributed by atoms with Gasteiger partial charge in [-0.05, 0) is 61.0 Å². The highest BCUT2D eigenvalue weighted by atomic mass is 32.2. The maximum atomic E-state index is 13.2. The number of fused-ring (bicyclic) bond motifs is 1. The van der Waals surface area contributed by atoms with Crippen LogP contribution in [0.5, 0.6) is 11.5 Å². The molecular weight excluding hydrogens is 475 g/mol. The van der Waals surface area contributed by atoms with Crippen LogP contribution < -0.4 is 14.8 Å². The fraction of sp³-hybridized carbons (Fsp3) is 0.167. The van der Waals surface area contributed by atoms with Crippen LogP contribution >= 0.6 is 23.1 Å². The molecule has 1 aliphatic rings. The van der Waals surface area contributed by atoms with Gasteiger partial charge in [-0.2, -0.15) is 0 Å². The molecule has 0 spiro atoms. The summed E-state index contributed by atoms with van der Waals surface area (Å²) in [5.41, 5.74) is 3.33. The first-order valence-corrected chi connectivity index (χ1v) is 12.2. The molecular formula is C24H19FN4O3S2. The molecule has 2 aromatic heterocycles. The van der Waals surface area contributed by atoms with Crippen LogP contribution in [0.4, 0.5) is 4.39 Å². The van der Waals surface area contributed by atoms with Crippen molar-refractivity contribution in [2.75, 3.05) is 12.5 Å². The van der Waals surface area contributed by atoms with Gasteiger partial charge in [0.05, 0.1) is 16.3 Å². The van der Waals surface area contributed by atoms with E-state index in [0.717, 1.165) is 26.7 Å². The molecule has 1 aliphatic heterocycles. The van der Waals surface area contributed by atoms with E-state index in [-0.39, 0.29) is 24.3 Å². The van der Waals surface area contributed by atoms with Crippen LogP contribution in [0.15, 0.2) is 59.6 Å². The first-order valence-electron chi connectivity index (χ1n) is 10.4. The van der Waals surface area contributed by atoms with Crippen LogP contribution in [0.25, 0.3) is 21.1 Å². The number of benzene rings is 2. The zero-order chi connectivity index (χ0) is 23.5. The Kier molecular flexibility index (Phi) is 6.41. The molecule has 4 aromatic rings. The van der Waals surface area contributed by atoms with Crippen molar-refractivity contribution in [1.29, 1.82) is 0 Å². The molecule has 0 saturated heterocycles. The molecule has 2 aromatic carbocycles. The lowest BCUT2D eigenvalue weighted by atomic mass is 10.2. The molecule has 1 N–H and O–H groups in total. The van der Waals surface area contributed by atoms with Crippen molar-refractivity contribution in [3.8, 4) is 32.6 Å². The molecule has 172 valence electrons. The van der Waals surface area contributed by atoms with Gasteiger partial charge in [0, 0.05) is 12.1 Å². The van der Waals surface area contributed by atoms with E-state index in [1.54, 1.807) is 12.1 Å².